The highest BCUT2D eigenvalue weighted by Crippen LogP contribution is 2.34. The number of halogens is 2. The molecule has 1 heterocycles. The van der Waals surface area contributed by atoms with E-state index in [1.54, 1.807) is 19.2 Å². The standard InChI is InChI=1S/C19H28FN5.HI/c1-21-19(24-12-18(25(2)3)13-4-5-13)22-9-8-14-11-23-17-7-6-15(20)10-16(14)17;/h6-7,10-11,13,18,23H,4-5,8-9,12H2,1-3H3,(H2,21,22,24);1H. The van der Waals surface area contributed by atoms with Crippen molar-refractivity contribution in [1.29, 1.82) is 0 Å². The molecule has 0 spiro atoms. The average molecular weight is 473 g/mol. The Bertz CT molecular complexity index is 737. The summed E-state index contributed by atoms with van der Waals surface area (Å²) in [6.07, 6.45) is 5.42. The second-order valence-electron chi connectivity index (χ2n) is 7.00. The minimum Gasteiger partial charge on any atom is -0.361 e. The fourth-order valence-electron chi connectivity index (χ4n) is 3.35. The summed E-state index contributed by atoms with van der Waals surface area (Å²) in [6, 6.07) is 5.40. The Balaban J connectivity index is 0.00000243. The van der Waals surface area contributed by atoms with Crippen LogP contribution >= 0.6 is 24.0 Å². The molecule has 1 fully saturated rings. The molecule has 2 aromatic rings. The predicted molar refractivity (Wildman–Crippen MR) is 117 cm³/mol. The number of benzene rings is 1. The zero-order valence-electron chi connectivity index (χ0n) is 15.7. The van der Waals surface area contributed by atoms with Gasteiger partial charge in [-0.3, -0.25) is 4.99 Å². The summed E-state index contributed by atoms with van der Waals surface area (Å²) < 4.78 is 13.4. The summed E-state index contributed by atoms with van der Waals surface area (Å²) in [6.45, 7) is 1.65. The van der Waals surface area contributed by atoms with E-state index in [0.717, 1.165) is 47.9 Å². The monoisotopic (exact) mass is 473 g/mol. The molecule has 0 aliphatic heterocycles. The minimum atomic E-state index is -0.200. The molecule has 0 amide bonds. The number of hydrogen-bond acceptors (Lipinski definition) is 2. The number of aliphatic imine (C=N–C) groups is 1. The van der Waals surface area contributed by atoms with Gasteiger partial charge in [-0.25, -0.2) is 4.39 Å². The van der Waals surface area contributed by atoms with Crippen molar-refractivity contribution < 1.29 is 4.39 Å². The van der Waals surface area contributed by atoms with Gasteiger partial charge in [-0.1, -0.05) is 0 Å². The summed E-state index contributed by atoms with van der Waals surface area (Å²) in [5.41, 5.74) is 2.08. The van der Waals surface area contributed by atoms with E-state index in [1.807, 2.05) is 6.20 Å². The fourth-order valence-corrected chi connectivity index (χ4v) is 3.35. The van der Waals surface area contributed by atoms with E-state index in [9.17, 15) is 4.39 Å². The van der Waals surface area contributed by atoms with Crippen LogP contribution in [0.1, 0.15) is 18.4 Å². The number of fused-ring (bicyclic) bond motifs is 1. The molecule has 1 unspecified atom stereocenters. The second kappa shape index (κ2) is 9.55. The van der Waals surface area contributed by atoms with Gasteiger partial charge < -0.3 is 20.5 Å². The number of H-pyrrole nitrogens is 1. The van der Waals surface area contributed by atoms with Crippen molar-refractivity contribution in [3.8, 4) is 0 Å². The van der Waals surface area contributed by atoms with Gasteiger partial charge in [0.15, 0.2) is 5.96 Å². The highest BCUT2D eigenvalue weighted by atomic mass is 127. The first kappa shape index (κ1) is 21.0. The van der Waals surface area contributed by atoms with Crippen LogP contribution in [-0.2, 0) is 6.42 Å². The molecule has 1 aliphatic rings. The van der Waals surface area contributed by atoms with E-state index in [1.165, 1.54) is 18.9 Å². The molecule has 5 nitrogen and oxygen atoms in total. The van der Waals surface area contributed by atoms with Crippen LogP contribution in [0.3, 0.4) is 0 Å². The van der Waals surface area contributed by atoms with Crippen LogP contribution in [-0.4, -0.2) is 56.1 Å². The number of aromatic amines is 1. The molecular formula is C19H29FIN5. The third-order valence-corrected chi connectivity index (χ3v) is 4.95. The number of rotatable bonds is 7. The number of likely N-dealkylation sites (N-methyl/N-ethyl adjacent to an activating group) is 1. The number of guanidine groups is 1. The molecule has 3 N–H and O–H groups in total. The summed E-state index contributed by atoms with van der Waals surface area (Å²) in [7, 11) is 6.06. The van der Waals surface area contributed by atoms with E-state index in [-0.39, 0.29) is 29.8 Å². The highest BCUT2D eigenvalue weighted by Gasteiger charge is 2.32. The van der Waals surface area contributed by atoms with Crippen LogP contribution in [0.15, 0.2) is 29.4 Å². The van der Waals surface area contributed by atoms with Crippen molar-refractivity contribution in [2.24, 2.45) is 10.9 Å². The van der Waals surface area contributed by atoms with E-state index >= 15 is 0 Å². The summed E-state index contributed by atoms with van der Waals surface area (Å²) in [4.78, 5) is 9.79. The molecular weight excluding hydrogens is 444 g/mol. The van der Waals surface area contributed by atoms with Gasteiger partial charge in [0.05, 0.1) is 0 Å². The van der Waals surface area contributed by atoms with Gasteiger partial charge in [-0.2, -0.15) is 0 Å². The van der Waals surface area contributed by atoms with Gasteiger partial charge in [-0.05, 0) is 63.0 Å². The first-order chi connectivity index (χ1) is 12.1. The van der Waals surface area contributed by atoms with Crippen molar-refractivity contribution in [2.45, 2.75) is 25.3 Å². The van der Waals surface area contributed by atoms with Crippen molar-refractivity contribution >= 4 is 40.8 Å². The van der Waals surface area contributed by atoms with Gasteiger partial charge in [-0.15, -0.1) is 24.0 Å². The minimum absolute atomic E-state index is 0. The van der Waals surface area contributed by atoms with Crippen LogP contribution in [0.25, 0.3) is 10.9 Å². The van der Waals surface area contributed by atoms with Gasteiger partial charge in [0, 0.05) is 43.3 Å². The van der Waals surface area contributed by atoms with E-state index in [2.05, 4.69) is 39.6 Å². The predicted octanol–water partition coefficient (Wildman–Crippen LogP) is 2.97. The first-order valence-corrected chi connectivity index (χ1v) is 8.95. The Morgan fingerprint density at radius 1 is 1.35 bits per heavy atom. The lowest BCUT2D eigenvalue weighted by molar-refractivity contribution is 0.264. The maximum absolute atomic E-state index is 13.4. The Hall–Kier alpha value is -1.35. The first-order valence-electron chi connectivity index (χ1n) is 8.95. The Labute approximate surface area is 171 Å². The maximum atomic E-state index is 13.4. The largest absolute Gasteiger partial charge is 0.361 e. The lowest BCUT2D eigenvalue weighted by Gasteiger charge is -2.25. The topological polar surface area (TPSA) is 55.5 Å². The molecule has 0 saturated heterocycles. The Morgan fingerprint density at radius 3 is 2.77 bits per heavy atom. The summed E-state index contributed by atoms with van der Waals surface area (Å²) in [5.74, 6) is 1.42. The van der Waals surface area contributed by atoms with Crippen molar-refractivity contribution in [2.75, 3.05) is 34.2 Å². The quantitative estimate of drug-likeness (QED) is 0.329. The second-order valence-corrected chi connectivity index (χ2v) is 7.00. The molecule has 1 aromatic heterocycles. The molecule has 144 valence electrons. The highest BCUT2D eigenvalue weighted by molar-refractivity contribution is 14.0. The Kier molecular flexibility index (Phi) is 7.69. The van der Waals surface area contributed by atoms with Gasteiger partial charge in [0.1, 0.15) is 5.82 Å². The van der Waals surface area contributed by atoms with E-state index < -0.39 is 0 Å². The van der Waals surface area contributed by atoms with E-state index in [0.29, 0.717) is 6.04 Å². The van der Waals surface area contributed by atoms with E-state index in [4.69, 9.17) is 0 Å². The van der Waals surface area contributed by atoms with Crippen LogP contribution in [0.4, 0.5) is 4.39 Å². The molecule has 1 aromatic carbocycles. The zero-order chi connectivity index (χ0) is 17.8. The van der Waals surface area contributed by atoms with Crippen LogP contribution < -0.4 is 10.6 Å². The van der Waals surface area contributed by atoms with Gasteiger partial charge in [0.25, 0.3) is 0 Å². The lowest BCUT2D eigenvalue weighted by Crippen LogP contribution is -2.46. The summed E-state index contributed by atoms with van der Waals surface area (Å²) >= 11 is 0. The molecule has 7 heteroatoms. The molecule has 1 atom stereocenters. The Morgan fingerprint density at radius 2 is 2.12 bits per heavy atom. The lowest BCUT2D eigenvalue weighted by atomic mass is 10.1. The number of hydrogen-bond donors (Lipinski definition) is 3. The SMILES string of the molecule is CN=C(NCCc1c[nH]c2ccc(F)cc12)NCC(C1CC1)N(C)C.I. The maximum Gasteiger partial charge on any atom is 0.191 e. The van der Waals surface area contributed by atoms with Crippen LogP contribution in [0.2, 0.25) is 0 Å². The number of nitrogens with one attached hydrogen (secondary N) is 3. The molecule has 0 radical (unpaired) electrons. The normalized spacial score (nSPS) is 15.8. The third-order valence-electron chi connectivity index (χ3n) is 4.95. The average Bonchev–Trinajstić information content (AvgIpc) is 3.34. The van der Waals surface area contributed by atoms with Gasteiger partial charge >= 0.3 is 0 Å². The van der Waals surface area contributed by atoms with Crippen molar-refractivity contribution in [3.05, 3.63) is 35.8 Å². The molecule has 3 rings (SSSR count). The molecule has 1 saturated carbocycles. The summed E-state index contributed by atoms with van der Waals surface area (Å²) in [5, 5.41) is 7.73. The van der Waals surface area contributed by atoms with Crippen LogP contribution in [0.5, 0.6) is 0 Å². The fraction of sp³-hybridized carbons (Fsp3) is 0.526. The molecule has 1 aliphatic carbocycles. The van der Waals surface area contributed by atoms with Gasteiger partial charge in [0.2, 0.25) is 0 Å². The molecule has 26 heavy (non-hydrogen) atoms. The zero-order valence-corrected chi connectivity index (χ0v) is 18.0. The number of nitrogens with zero attached hydrogens (tertiary/aromatic N) is 2. The van der Waals surface area contributed by atoms with Crippen molar-refractivity contribution in [1.82, 2.24) is 20.5 Å². The smallest absolute Gasteiger partial charge is 0.191 e. The van der Waals surface area contributed by atoms with Crippen molar-refractivity contribution in [3.63, 3.8) is 0 Å². The van der Waals surface area contributed by atoms with Crippen LogP contribution in [0, 0.1) is 11.7 Å². The molecule has 0 bridgehead atoms. The third kappa shape index (κ3) is 5.33. The number of aromatic nitrogens is 1.